The van der Waals surface area contributed by atoms with Crippen molar-refractivity contribution < 1.29 is 22.8 Å². The first-order valence-electron chi connectivity index (χ1n) is 6.22. The van der Waals surface area contributed by atoms with Crippen molar-refractivity contribution in [3.63, 3.8) is 0 Å². The van der Waals surface area contributed by atoms with Crippen LogP contribution in [0.15, 0.2) is 35.5 Å². The highest BCUT2D eigenvalue weighted by molar-refractivity contribution is 6.34. The average Bonchev–Trinajstić information content (AvgIpc) is 2.69. The maximum absolute atomic E-state index is 13.6. The highest BCUT2D eigenvalue weighted by Crippen LogP contribution is 2.41. The van der Waals surface area contributed by atoms with Gasteiger partial charge in [-0.15, -0.1) is 0 Å². The molecule has 1 aromatic carbocycles. The fourth-order valence-electron chi connectivity index (χ4n) is 2.23. The Balaban J connectivity index is 2.55. The minimum absolute atomic E-state index is 0.0834. The first-order valence-corrected chi connectivity index (χ1v) is 6.59. The first-order chi connectivity index (χ1) is 10.6. The number of nitrogens with zero attached hydrogens (tertiary/aromatic N) is 1. The zero-order valence-electron chi connectivity index (χ0n) is 11.6. The van der Waals surface area contributed by atoms with Crippen LogP contribution in [0.25, 0.3) is 0 Å². The van der Waals surface area contributed by atoms with E-state index >= 15 is 0 Å². The Kier molecular flexibility index (Phi) is 4.09. The van der Waals surface area contributed by atoms with E-state index in [0.717, 1.165) is 6.92 Å². The lowest BCUT2D eigenvalue weighted by Gasteiger charge is -2.30. The van der Waals surface area contributed by atoms with Gasteiger partial charge in [0.25, 0.3) is 17.4 Å². The molecule has 0 saturated carbocycles. The van der Waals surface area contributed by atoms with Crippen LogP contribution in [0.2, 0.25) is 5.02 Å². The monoisotopic (exact) mass is 343 g/mol. The van der Waals surface area contributed by atoms with E-state index in [4.69, 9.17) is 16.9 Å². The van der Waals surface area contributed by atoms with E-state index in [1.165, 1.54) is 30.3 Å². The van der Waals surface area contributed by atoms with Crippen molar-refractivity contribution in [1.82, 2.24) is 10.6 Å². The van der Waals surface area contributed by atoms with Gasteiger partial charge in [0.15, 0.2) is 0 Å². The lowest BCUT2D eigenvalue weighted by molar-refractivity contribution is -0.184. The topological polar surface area (TPSA) is 82.0 Å². The number of rotatable bonds is 2. The van der Waals surface area contributed by atoms with Gasteiger partial charge in [0, 0.05) is 5.70 Å². The molecule has 2 rings (SSSR count). The van der Waals surface area contributed by atoms with E-state index in [-0.39, 0.29) is 16.3 Å². The van der Waals surface area contributed by atoms with E-state index in [2.05, 4.69) is 0 Å². The Bertz CT molecular complexity index is 767. The lowest BCUT2D eigenvalue weighted by atomic mass is 9.90. The third kappa shape index (κ3) is 2.53. The molecule has 0 saturated heterocycles. The van der Waals surface area contributed by atoms with Crippen LogP contribution in [-0.2, 0) is 4.79 Å². The van der Waals surface area contributed by atoms with Crippen molar-refractivity contribution in [2.45, 2.75) is 18.6 Å². The summed E-state index contributed by atoms with van der Waals surface area (Å²) in [7, 11) is 0. The fourth-order valence-corrected chi connectivity index (χ4v) is 2.45. The molecule has 2 amide bonds. The quantitative estimate of drug-likeness (QED) is 0.864. The van der Waals surface area contributed by atoms with E-state index in [9.17, 15) is 22.8 Å². The summed E-state index contributed by atoms with van der Waals surface area (Å²) >= 11 is 5.78. The second kappa shape index (κ2) is 5.59. The molecule has 0 radical (unpaired) electrons. The van der Waals surface area contributed by atoms with Crippen LogP contribution in [0.3, 0.4) is 0 Å². The van der Waals surface area contributed by atoms with E-state index in [1.54, 1.807) is 5.32 Å². The highest BCUT2D eigenvalue weighted by atomic mass is 35.5. The Morgan fingerprint density at radius 3 is 2.52 bits per heavy atom. The van der Waals surface area contributed by atoms with Gasteiger partial charge in [0.05, 0.1) is 22.2 Å². The van der Waals surface area contributed by atoms with Gasteiger partial charge in [0.2, 0.25) is 0 Å². The molecule has 0 bridgehead atoms. The third-order valence-electron chi connectivity index (χ3n) is 3.35. The second-order valence-electron chi connectivity index (χ2n) is 4.75. The zero-order valence-corrected chi connectivity index (χ0v) is 12.3. The van der Waals surface area contributed by atoms with Gasteiger partial charge >= 0.3 is 6.18 Å². The van der Waals surface area contributed by atoms with Crippen LogP contribution in [0.5, 0.6) is 0 Å². The summed E-state index contributed by atoms with van der Waals surface area (Å²) in [6.45, 7) is 1.14. The van der Waals surface area contributed by atoms with E-state index in [0.29, 0.717) is 0 Å². The molecular weight excluding hydrogens is 335 g/mol. The molecule has 0 aromatic heterocycles. The molecule has 5 nitrogen and oxygen atoms in total. The second-order valence-corrected chi connectivity index (χ2v) is 5.15. The molecule has 0 aliphatic carbocycles. The van der Waals surface area contributed by atoms with E-state index in [1.807, 2.05) is 5.32 Å². The molecule has 1 aromatic rings. The minimum Gasteiger partial charge on any atom is -0.326 e. The van der Waals surface area contributed by atoms with Gasteiger partial charge in [-0.1, -0.05) is 23.7 Å². The number of nitrogens with one attached hydrogen (secondary N) is 2. The molecule has 1 aliphatic rings. The maximum Gasteiger partial charge on any atom is 0.425 e. The van der Waals surface area contributed by atoms with Gasteiger partial charge < -0.3 is 10.6 Å². The summed E-state index contributed by atoms with van der Waals surface area (Å²) in [5.74, 6) is -2.76. The number of alkyl halides is 3. The van der Waals surface area contributed by atoms with Crippen molar-refractivity contribution in [3.05, 3.63) is 46.1 Å². The number of carbonyl (C=O) groups excluding carboxylic acids is 2. The summed E-state index contributed by atoms with van der Waals surface area (Å²) in [6.07, 6.45) is -5.21. The molecule has 0 fully saturated rings. The first kappa shape index (κ1) is 16.8. The zero-order chi connectivity index (χ0) is 17.4. The lowest BCUT2D eigenvalue weighted by Crippen LogP contribution is -2.64. The SMILES string of the molecule is CC1=C(C#N)[C@@](NC(=O)c2ccccc2Cl)(C(F)(F)F)C(=O)N1. The average molecular weight is 344 g/mol. The van der Waals surface area contributed by atoms with Crippen molar-refractivity contribution in [1.29, 1.82) is 5.26 Å². The number of allylic oxidation sites excluding steroid dienone is 1. The smallest absolute Gasteiger partial charge is 0.326 e. The van der Waals surface area contributed by atoms with Crippen molar-refractivity contribution in [2.24, 2.45) is 0 Å². The Morgan fingerprint density at radius 1 is 1.39 bits per heavy atom. The maximum atomic E-state index is 13.6. The fraction of sp³-hybridized carbons (Fsp3) is 0.214. The standard InChI is InChI=1S/C14H9ClF3N3O2/c1-7-9(6-19)13(12(23)20-7,14(16,17)18)21-11(22)8-4-2-3-5-10(8)15/h2-5H,1H3,(H,20,23)(H,21,22)/t13-/m0/s1. The number of hydrogen-bond donors (Lipinski definition) is 2. The third-order valence-corrected chi connectivity index (χ3v) is 3.68. The van der Waals surface area contributed by atoms with Gasteiger partial charge in [-0.05, 0) is 19.1 Å². The minimum atomic E-state index is -5.21. The number of halogens is 4. The largest absolute Gasteiger partial charge is 0.425 e. The van der Waals surface area contributed by atoms with Gasteiger partial charge in [-0.2, -0.15) is 18.4 Å². The highest BCUT2D eigenvalue weighted by Gasteiger charge is 2.67. The number of amides is 2. The molecule has 1 aliphatic heterocycles. The summed E-state index contributed by atoms with van der Waals surface area (Å²) in [4.78, 5) is 24.1. The number of hydrogen-bond acceptors (Lipinski definition) is 3. The molecule has 1 heterocycles. The molecule has 1 atom stereocenters. The van der Waals surface area contributed by atoms with Gasteiger partial charge in [0.1, 0.15) is 0 Å². The van der Waals surface area contributed by atoms with Crippen molar-refractivity contribution in [2.75, 3.05) is 0 Å². The van der Waals surface area contributed by atoms with Crippen LogP contribution in [0, 0.1) is 11.3 Å². The molecule has 0 unspecified atom stereocenters. The predicted molar refractivity (Wildman–Crippen MR) is 74.2 cm³/mol. The Hall–Kier alpha value is -2.53. The Labute approximate surface area is 133 Å². The van der Waals surface area contributed by atoms with Crippen molar-refractivity contribution in [3.8, 4) is 6.07 Å². The number of benzene rings is 1. The number of carbonyl (C=O) groups is 2. The summed E-state index contributed by atoms with van der Waals surface area (Å²) in [5.41, 5.74) is -4.86. The number of nitriles is 1. The molecular formula is C14H9ClF3N3O2. The normalized spacial score (nSPS) is 21.0. The summed E-state index contributed by atoms with van der Waals surface area (Å²) in [5, 5.41) is 12.5. The predicted octanol–water partition coefficient (Wildman–Crippen LogP) is 2.30. The van der Waals surface area contributed by atoms with Crippen LogP contribution in [0.4, 0.5) is 13.2 Å². The van der Waals surface area contributed by atoms with Gasteiger partial charge in [-0.3, -0.25) is 9.59 Å². The van der Waals surface area contributed by atoms with Gasteiger partial charge in [-0.25, -0.2) is 0 Å². The van der Waals surface area contributed by atoms with Crippen molar-refractivity contribution >= 4 is 23.4 Å². The van der Waals surface area contributed by atoms with Crippen LogP contribution in [-0.4, -0.2) is 23.5 Å². The molecule has 23 heavy (non-hydrogen) atoms. The molecule has 120 valence electrons. The van der Waals surface area contributed by atoms with Crippen LogP contribution < -0.4 is 10.6 Å². The summed E-state index contributed by atoms with van der Waals surface area (Å²) in [6, 6.07) is 6.76. The van der Waals surface area contributed by atoms with E-state index < -0.39 is 29.1 Å². The van der Waals surface area contributed by atoms with Crippen LogP contribution >= 0.6 is 11.6 Å². The summed E-state index contributed by atoms with van der Waals surface area (Å²) < 4.78 is 40.7. The van der Waals surface area contributed by atoms with Crippen LogP contribution in [0.1, 0.15) is 17.3 Å². The molecule has 2 N–H and O–H groups in total. The Morgan fingerprint density at radius 2 is 2.00 bits per heavy atom. The molecule has 0 spiro atoms. The molecule has 9 heteroatoms.